The third-order valence-corrected chi connectivity index (χ3v) is 3.31. The van der Waals surface area contributed by atoms with Gasteiger partial charge < -0.3 is 10.1 Å². The maximum atomic E-state index is 11.5. The number of rotatable bonds is 2. The number of nitrogens with one attached hydrogen (secondary N) is 2. The summed E-state index contributed by atoms with van der Waals surface area (Å²) in [6, 6.07) is 6.10. The molecule has 0 aliphatic rings. The number of amides is 1. The highest BCUT2D eigenvalue weighted by atomic mass is 16.6. The summed E-state index contributed by atoms with van der Waals surface area (Å²) in [5.41, 5.74) is 2.75. The number of aryl methyl sites for hydroxylation is 2. The van der Waals surface area contributed by atoms with E-state index in [1.807, 2.05) is 44.6 Å². The van der Waals surface area contributed by atoms with Gasteiger partial charge in [0.05, 0.1) is 11.9 Å². The van der Waals surface area contributed by atoms with Crippen LogP contribution < -0.4 is 10.00 Å². The van der Waals surface area contributed by atoms with Gasteiger partial charge in [0, 0.05) is 12.0 Å². The van der Waals surface area contributed by atoms with Crippen LogP contribution in [-0.4, -0.2) is 23.3 Å². The lowest BCUT2D eigenvalue weighted by molar-refractivity contribution is -0.731. The van der Waals surface area contributed by atoms with Crippen LogP contribution in [0.5, 0.6) is 0 Å². The lowest BCUT2D eigenvalue weighted by atomic mass is 10.1. The van der Waals surface area contributed by atoms with Crippen molar-refractivity contribution in [1.82, 2.24) is 10.4 Å². The molecule has 0 aliphatic heterocycles. The molecule has 5 heteroatoms. The molecule has 0 aliphatic carbocycles. The Morgan fingerprint density at radius 2 is 2.13 bits per heavy atom. The van der Waals surface area contributed by atoms with Crippen LogP contribution in [0.4, 0.5) is 4.79 Å². The van der Waals surface area contributed by atoms with Gasteiger partial charge in [0.1, 0.15) is 11.1 Å². The highest BCUT2D eigenvalue weighted by Crippen LogP contribution is 2.16. The Hall–Kier alpha value is -2.48. The number of aromatic nitrogens is 2. The minimum Gasteiger partial charge on any atom is -0.444 e. The summed E-state index contributed by atoms with van der Waals surface area (Å²) in [5, 5.41) is 7.15. The van der Waals surface area contributed by atoms with Gasteiger partial charge in [-0.1, -0.05) is 18.8 Å². The van der Waals surface area contributed by atoms with E-state index < -0.39 is 11.7 Å². The monoisotopic (exact) mass is 314 g/mol. The molecule has 122 valence electrons. The van der Waals surface area contributed by atoms with Gasteiger partial charge in [0.2, 0.25) is 5.69 Å². The van der Waals surface area contributed by atoms with Crippen molar-refractivity contribution in [3.63, 3.8) is 0 Å². The zero-order chi connectivity index (χ0) is 17.0. The summed E-state index contributed by atoms with van der Waals surface area (Å²) in [7, 11) is 2.01. The van der Waals surface area contributed by atoms with Crippen molar-refractivity contribution in [2.45, 2.75) is 39.7 Å². The molecule has 1 aromatic heterocycles. The van der Waals surface area contributed by atoms with E-state index in [2.05, 4.69) is 35.2 Å². The number of alkyl carbamates (subject to hydrolysis) is 1. The Morgan fingerprint density at radius 3 is 2.78 bits per heavy atom. The van der Waals surface area contributed by atoms with E-state index >= 15 is 0 Å². The SMILES string of the molecule is CCc1c2ccc(C#CCNC(=O)OC(C)(C)C)cc2[nH][n+]1C. The topological polar surface area (TPSA) is 58.0 Å². The normalized spacial score (nSPS) is 11.0. The third kappa shape index (κ3) is 4.49. The van der Waals surface area contributed by atoms with Gasteiger partial charge >= 0.3 is 6.09 Å². The van der Waals surface area contributed by atoms with E-state index in [0.717, 1.165) is 17.5 Å². The molecule has 2 N–H and O–H groups in total. The molecule has 5 nitrogen and oxygen atoms in total. The minimum absolute atomic E-state index is 0.256. The first-order chi connectivity index (χ1) is 10.8. The van der Waals surface area contributed by atoms with Gasteiger partial charge in [0.25, 0.3) is 0 Å². The summed E-state index contributed by atoms with van der Waals surface area (Å²) in [6.45, 7) is 7.88. The second kappa shape index (κ2) is 6.74. The van der Waals surface area contributed by atoms with Crippen LogP contribution in [0, 0.1) is 11.8 Å². The molecule has 0 saturated carbocycles. The molecule has 0 saturated heterocycles. The molecule has 1 heterocycles. The number of hydrogen-bond donors (Lipinski definition) is 2. The van der Waals surface area contributed by atoms with Gasteiger partial charge in [0.15, 0.2) is 7.05 Å². The van der Waals surface area contributed by atoms with Crippen molar-refractivity contribution in [2.75, 3.05) is 6.54 Å². The molecule has 1 amide bonds. The van der Waals surface area contributed by atoms with E-state index in [9.17, 15) is 4.79 Å². The first kappa shape index (κ1) is 16.9. The van der Waals surface area contributed by atoms with Crippen molar-refractivity contribution in [2.24, 2.45) is 7.05 Å². The molecule has 0 fully saturated rings. The van der Waals surface area contributed by atoms with Crippen LogP contribution >= 0.6 is 0 Å². The van der Waals surface area contributed by atoms with Crippen molar-refractivity contribution in [1.29, 1.82) is 0 Å². The highest BCUT2D eigenvalue weighted by Gasteiger charge is 2.15. The Balaban J connectivity index is 2.02. The lowest BCUT2D eigenvalue weighted by Gasteiger charge is -2.18. The maximum absolute atomic E-state index is 11.5. The predicted octanol–water partition coefficient (Wildman–Crippen LogP) is 2.43. The highest BCUT2D eigenvalue weighted by molar-refractivity contribution is 5.81. The van der Waals surface area contributed by atoms with Crippen molar-refractivity contribution in [3.05, 3.63) is 29.5 Å². The molecular weight excluding hydrogens is 290 g/mol. The van der Waals surface area contributed by atoms with Crippen molar-refractivity contribution < 1.29 is 14.2 Å². The Morgan fingerprint density at radius 1 is 1.39 bits per heavy atom. The van der Waals surface area contributed by atoms with E-state index in [4.69, 9.17) is 4.74 Å². The predicted molar refractivity (Wildman–Crippen MR) is 90.0 cm³/mol. The van der Waals surface area contributed by atoms with Crippen LogP contribution in [0.2, 0.25) is 0 Å². The maximum Gasteiger partial charge on any atom is 0.408 e. The van der Waals surface area contributed by atoms with Crippen LogP contribution in [0.1, 0.15) is 39.0 Å². The van der Waals surface area contributed by atoms with E-state index in [0.29, 0.717) is 0 Å². The zero-order valence-corrected chi connectivity index (χ0v) is 14.4. The summed E-state index contributed by atoms with van der Waals surface area (Å²) >= 11 is 0. The quantitative estimate of drug-likeness (QED) is 0.661. The van der Waals surface area contributed by atoms with Gasteiger partial charge in [-0.15, -0.1) is 4.68 Å². The van der Waals surface area contributed by atoms with E-state index in [1.165, 1.54) is 11.1 Å². The van der Waals surface area contributed by atoms with Crippen molar-refractivity contribution >= 4 is 17.0 Å². The fourth-order valence-electron chi connectivity index (χ4n) is 2.40. The van der Waals surface area contributed by atoms with E-state index in [1.54, 1.807) is 0 Å². The summed E-state index contributed by atoms with van der Waals surface area (Å²) < 4.78 is 7.18. The molecule has 23 heavy (non-hydrogen) atoms. The number of H-pyrrole nitrogens is 1. The molecule has 0 bridgehead atoms. The zero-order valence-electron chi connectivity index (χ0n) is 14.4. The third-order valence-electron chi connectivity index (χ3n) is 3.31. The van der Waals surface area contributed by atoms with Gasteiger partial charge in [-0.3, -0.25) is 0 Å². The largest absolute Gasteiger partial charge is 0.444 e. The van der Waals surface area contributed by atoms with Crippen LogP contribution in [0.25, 0.3) is 10.9 Å². The molecule has 0 spiro atoms. The second-order valence-corrected chi connectivity index (χ2v) is 6.39. The molecule has 0 unspecified atom stereocenters. The minimum atomic E-state index is -0.497. The smallest absolute Gasteiger partial charge is 0.408 e. The Bertz CT molecular complexity index is 773. The number of carbonyl (C=O) groups excluding carboxylic acids is 1. The number of aromatic amines is 1. The number of fused-ring (bicyclic) bond motifs is 1. The Kier molecular flexibility index (Phi) is 4.95. The molecule has 0 atom stereocenters. The standard InChI is InChI=1S/C18H23N3O2/c1-6-16-14-10-9-13(12-15(14)20-21(16)5)8-7-11-19-17(22)23-18(2,3)4/h9-10,12H,6,11H2,1-5H3,(H,19,22)/p+1. The average Bonchev–Trinajstić information content (AvgIpc) is 2.76. The van der Waals surface area contributed by atoms with Gasteiger partial charge in [-0.05, 0) is 39.0 Å². The summed E-state index contributed by atoms with van der Waals surface area (Å²) in [6.07, 6.45) is 0.521. The molecular formula is C18H24N3O2+. The van der Waals surface area contributed by atoms with Crippen molar-refractivity contribution in [3.8, 4) is 11.8 Å². The molecule has 2 aromatic rings. The number of carbonyl (C=O) groups is 1. The van der Waals surface area contributed by atoms with Crippen LogP contribution in [0.15, 0.2) is 18.2 Å². The van der Waals surface area contributed by atoms with Crippen LogP contribution in [-0.2, 0) is 18.2 Å². The molecule has 2 rings (SSSR count). The van der Waals surface area contributed by atoms with Crippen LogP contribution in [0.3, 0.4) is 0 Å². The summed E-state index contributed by atoms with van der Waals surface area (Å²) in [4.78, 5) is 11.5. The molecule has 1 aromatic carbocycles. The average molecular weight is 314 g/mol. The first-order valence-electron chi connectivity index (χ1n) is 7.76. The molecule has 0 radical (unpaired) electrons. The fraction of sp³-hybridized carbons (Fsp3) is 0.444. The van der Waals surface area contributed by atoms with E-state index in [-0.39, 0.29) is 6.54 Å². The fourth-order valence-corrected chi connectivity index (χ4v) is 2.40. The number of benzene rings is 1. The lowest BCUT2D eigenvalue weighted by Crippen LogP contribution is -2.33. The number of ether oxygens (including phenoxy) is 1. The number of nitrogens with zero attached hydrogens (tertiary/aromatic N) is 1. The first-order valence-corrected chi connectivity index (χ1v) is 7.76. The number of hydrogen-bond acceptors (Lipinski definition) is 2. The second-order valence-electron chi connectivity index (χ2n) is 6.39. The van der Waals surface area contributed by atoms with Gasteiger partial charge in [-0.25, -0.2) is 4.79 Å². The summed E-state index contributed by atoms with van der Waals surface area (Å²) in [5.74, 6) is 5.99. The Labute approximate surface area is 137 Å². The van der Waals surface area contributed by atoms with Gasteiger partial charge in [-0.2, -0.15) is 5.10 Å².